The lowest BCUT2D eigenvalue weighted by atomic mass is 9.76. The summed E-state index contributed by atoms with van der Waals surface area (Å²) in [6, 6.07) is 10.7. The van der Waals surface area contributed by atoms with E-state index in [1.807, 2.05) is 38.1 Å². The molecule has 56 heavy (non-hydrogen) atoms. The molecule has 1 aliphatic carbocycles. The SMILES string of the molecule is CCCCCN1/C(=C/C2=C(NC(CS(=O)(=O)O)C(=O)NCCCCC(=O)O)C(=C/C3=[N+](C)c4ccc(S(=O)(=O)O)cc4C3(C)C)/C2=O)C(C)(C)c2ccccc21. The largest absolute Gasteiger partial charge is 0.481 e. The number of fused-ring (bicyclic) bond motifs is 2. The van der Waals surface area contributed by atoms with Gasteiger partial charge in [0.15, 0.2) is 11.5 Å². The van der Waals surface area contributed by atoms with Crippen molar-refractivity contribution in [1.29, 1.82) is 0 Å². The molecule has 2 aliphatic heterocycles. The van der Waals surface area contributed by atoms with E-state index in [4.69, 9.17) is 5.11 Å². The van der Waals surface area contributed by atoms with E-state index in [1.54, 1.807) is 29.8 Å². The van der Waals surface area contributed by atoms with Crippen molar-refractivity contribution < 1.29 is 50.0 Å². The molecule has 1 unspecified atom stereocenters. The number of hydrogen-bond acceptors (Lipinski definition) is 9. The second-order valence-corrected chi connectivity index (χ2v) is 18.4. The number of unbranched alkanes of at least 4 members (excludes halogenated alkanes) is 3. The molecule has 0 spiro atoms. The van der Waals surface area contributed by atoms with Crippen LogP contribution in [0.25, 0.3) is 0 Å². The third-order valence-electron chi connectivity index (χ3n) is 10.8. The lowest BCUT2D eigenvalue weighted by Gasteiger charge is -2.32. The Labute approximate surface area is 328 Å². The standard InChI is InChI=1S/C40H50N4O10S2/c1-7-8-13-20-44-32-15-10-9-14-28(32)39(2,3)34(44)23-27-36(42-30(24-55(49,50)51)38(48)41-19-12-11-16-35(45)46)26(37(27)47)22-33-40(4,5)29-21-25(56(52,53)54)17-18-31(29)43(33)6/h9-10,14-15,17-18,21-23,30H,7-8,11-13,16,19-20,24H2,1-6H3,(H4-,41,42,45,46,47,48,49,50,51,52,53,54)/p+1. The van der Waals surface area contributed by atoms with Crippen LogP contribution in [0, 0.1) is 0 Å². The molecule has 2 heterocycles. The van der Waals surface area contributed by atoms with Crippen molar-refractivity contribution in [2.45, 2.75) is 94.9 Å². The van der Waals surface area contributed by atoms with Gasteiger partial charge in [0.1, 0.15) is 18.8 Å². The molecule has 0 aromatic heterocycles. The van der Waals surface area contributed by atoms with Crippen molar-refractivity contribution in [3.8, 4) is 0 Å². The Hall–Kier alpha value is -4.64. The molecule has 5 rings (SSSR count). The van der Waals surface area contributed by atoms with Crippen LogP contribution in [0.2, 0.25) is 0 Å². The van der Waals surface area contributed by atoms with Gasteiger partial charge in [-0.05, 0) is 62.9 Å². The zero-order chi connectivity index (χ0) is 41.4. The minimum absolute atomic E-state index is 0.0488. The van der Waals surface area contributed by atoms with E-state index < -0.39 is 54.7 Å². The number of carbonyl (C=O) groups excluding carboxylic acids is 2. The molecular formula is C40H51N4O10S2+. The van der Waals surface area contributed by atoms with Gasteiger partial charge in [-0.15, -0.1) is 0 Å². The van der Waals surface area contributed by atoms with E-state index in [0.717, 1.165) is 36.2 Å². The predicted molar refractivity (Wildman–Crippen MR) is 213 cm³/mol. The summed E-state index contributed by atoms with van der Waals surface area (Å²) in [5.74, 6) is -3.17. The second kappa shape index (κ2) is 16.1. The van der Waals surface area contributed by atoms with Crippen LogP contribution < -0.4 is 15.5 Å². The molecule has 0 bridgehead atoms. The summed E-state index contributed by atoms with van der Waals surface area (Å²) in [6.07, 6.45) is 6.78. The number of ketones is 1. The van der Waals surface area contributed by atoms with Gasteiger partial charge in [-0.2, -0.15) is 21.4 Å². The summed E-state index contributed by atoms with van der Waals surface area (Å²) in [6.45, 7) is 10.6. The molecule has 302 valence electrons. The number of Topliss-reactive ketones (excluding diaryl/α,β-unsaturated/α-hetero) is 1. The van der Waals surface area contributed by atoms with Gasteiger partial charge >= 0.3 is 5.97 Å². The Bertz CT molecular complexity index is 2300. The maximum Gasteiger partial charge on any atom is 0.303 e. The predicted octanol–water partition coefficient (Wildman–Crippen LogP) is 4.79. The van der Waals surface area contributed by atoms with Crippen molar-refractivity contribution in [2.24, 2.45) is 0 Å². The number of rotatable bonds is 17. The smallest absolute Gasteiger partial charge is 0.303 e. The summed E-state index contributed by atoms with van der Waals surface area (Å²) in [4.78, 5) is 40.8. The van der Waals surface area contributed by atoms with Crippen LogP contribution in [-0.2, 0) is 45.4 Å². The summed E-state index contributed by atoms with van der Waals surface area (Å²) in [7, 11) is -7.49. The quantitative estimate of drug-likeness (QED) is 0.0632. The number of nitrogens with zero attached hydrogens (tertiary/aromatic N) is 2. The third-order valence-corrected chi connectivity index (χ3v) is 12.4. The number of amides is 1. The van der Waals surface area contributed by atoms with Crippen LogP contribution in [0.1, 0.15) is 84.3 Å². The van der Waals surface area contributed by atoms with Gasteiger partial charge in [-0.25, -0.2) is 0 Å². The van der Waals surface area contributed by atoms with Crippen LogP contribution in [-0.4, -0.2) is 90.9 Å². The van der Waals surface area contributed by atoms with E-state index >= 15 is 0 Å². The van der Waals surface area contributed by atoms with Gasteiger partial charge in [-0.1, -0.05) is 51.8 Å². The number of benzene rings is 2. The molecule has 0 radical (unpaired) electrons. The highest BCUT2D eigenvalue weighted by atomic mass is 32.2. The number of aliphatic carboxylic acids is 1. The van der Waals surface area contributed by atoms with Crippen molar-refractivity contribution in [1.82, 2.24) is 10.6 Å². The van der Waals surface area contributed by atoms with Crippen molar-refractivity contribution in [3.63, 3.8) is 0 Å². The van der Waals surface area contributed by atoms with Gasteiger partial charge in [0.25, 0.3) is 20.2 Å². The lowest BCUT2D eigenvalue weighted by Crippen LogP contribution is -2.50. The Morgan fingerprint density at radius 3 is 2.27 bits per heavy atom. The van der Waals surface area contributed by atoms with Crippen LogP contribution in [0.5, 0.6) is 0 Å². The number of carboxylic acid groups (broad SMARTS) is 1. The van der Waals surface area contributed by atoms with Crippen LogP contribution in [0.3, 0.4) is 0 Å². The molecule has 14 nitrogen and oxygen atoms in total. The summed E-state index contributed by atoms with van der Waals surface area (Å²) >= 11 is 0. The van der Waals surface area contributed by atoms with Gasteiger partial charge in [-0.3, -0.25) is 23.5 Å². The van der Waals surface area contributed by atoms with Crippen LogP contribution in [0.15, 0.2) is 82.1 Å². The monoisotopic (exact) mass is 811 g/mol. The van der Waals surface area contributed by atoms with Gasteiger partial charge in [0.2, 0.25) is 11.6 Å². The molecule has 2 aromatic rings. The molecular weight excluding hydrogens is 761 g/mol. The first-order valence-corrected chi connectivity index (χ1v) is 21.7. The van der Waals surface area contributed by atoms with Crippen LogP contribution >= 0.6 is 0 Å². The van der Waals surface area contributed by atoms with Crippen molar-refractivity contribution >= 4 is 55.0 Å². The van der Waals surface area contributed by atoms with Crippen LogP contribution in [0.4, 0.5) is 11.4 Å². The Morgan fingerprint density at radius 1 is 0.929 bits per heavy atom. The second-order valence-electron chi connectivity index (χ2n) is 15.5. The highest BCUT2D eigenvalue weighted by Gasteiger charge is 2.47. The Kier molecular flexibility index (Phi) is 12.2. The molecule has 3 aliphatic rings. The first-order valence-electron chi connectivity index (χ1n) is 18.6. The molecule has 2 aromatic carbocycles. The van der Waals surface area contributed by atoms with E-state index in [2.05, 4.69) is 36.3 Å². The summed E-state index contributed by atoms with van der Waals surface area (Å²) in [5.41, 5.74) is 3.80. The minimum Gasteiger partial charge on any atom is -0.481 e. The fourth-order valence-electron chi connectivity index (χ4n) is 7.76. The van der Waals surface area contributed by atoms with E-state index in [9.17, 15) is 40.3 Å². The number of carboxylic acids is 1. The first-order chi connectivity index (χ1) is 26.1. The average molecular weight is 812 g/mol. The minimum atomic E-state index is -4.73. The van der Waals surface area contributed by atoms with Gasteiger partial charge in [0, 0.05) is 59.6 Å². The van der Waals surface area contributed by atoms with Crippen molar-refractivity contribution in [3.05, 3.63) is 88.3 Å². The topological polar surface area (TPSA) is 210 Å². The fraction of sp³-hybridized carbons (Fsp3) is 0.450. The summed E-state index contributed by atoms with van der Waals surface area (Å²) < 4.78 is 70.2. The highest BCUT2D eigenvalue weighted by molar-refractivity contribution is 7.86. The number of nitrogens with one attached hydrogen (secondary N) is 2. The normalized spacial score (nSPS) is 19.3. The first kappa shape index (κ1) is 42.5. The van der Waals surface area contributed by atoms with E-state index in [-0.39, 0.29) is 46.9 Å². The molecule has 0 saturated heterocycles. The van der Waals surface area contributed by atoms with Gasteiger partial charge in [0.05, 0.1) is 21.6 Å². The number of allylic oxidation sites excluding steroid dienone is 5. The number of carbonyl (C=O) groups is 3. The van der Waals surface area contributed by atoms with E-state index in [0.29, 0.717) is 29.9 Å². The van der Waals surface area contributed by atoms with E-state index in [1.165, 1.54) is 12.1 Å². The molecule has 0 fully saturated rings. The number of hydrogen-bond donors (Lipinski definition) is 5. The number of para-hydroxylation sites is 1. The fourth-order valence-corrected chi connectivity index (χ4v) is 8.92. The third kappa shape index (κ3) is 8.67. The molecule has 1 atom stereocenters. The maximum absolute atomic E-state index is 14.4. The lowest BCUT2D eigenvalue weighted by molar-refractivity contribution is -0.401. The molecule has 16 heteroatoms. The average Bonchev–Trinajstić information content (AvgIpc) is 3.44. The summed E-state index contributed by atoms with van der Waals surface area (Å²) in [5, 5.41) is 14.6. The zero-order valence-electron chi connectivity index (χ0n) is 32.5. The molecule has 5 N–H and O–H groups in total. The Balaban J connectivity index is 1.64. The molecule has 0 saturated carbocycles. The maximum atomic E-state index is 14.4. The van der Waals surface area contributed by atoms with Crippen molar-refractivity contribution in [2.75, 3.05) is 30.8 Å². The number of anilines is 1. The Morgan fingerprint density at radius 2 is 1.62 bits per heavy atom. The zero-order valence-corrected chi connectivity index (χ0v) is 34.2. The molecule has 1 amide bonds. The highest BCUT2D eigenvalue weighted by Crippen LogP contribution is 2.49. The van der Waals surface area contributed by atoms with Gasteiger partial charge < -0.3 is 20.6 Å².